The van der Waals surface area contributed by atoms with Gasteiger partial charge in [-0.15, -0.1) is 0 Å². The van der Waals surface area contributed by atoms with E-state index in [0.29, 0.717) is 32.2 Å². The summed E-state index contributed by atoms with van der Waals surface area (Å²) in [6, 6.07) is -0.297. The largest absolute Gasteiger partial charge is 0.480 e. The fourth-order valence-electron chi connectivity index (χ4n) is 3.78. The molecule has 9 heteroatoms. The lowest BCUT2D eigenvalue weighted by molar-refractivity contribution is -0.138. The molecule has 0 aromatic rings. The minimum atomic E-state index is -0.886. The van der Waals surface area contributed by atoms with Gasteiger partial charge in [-0.1, -0.05) is 19.8 Å². The Kier molecular flexibility index (Phi) is 8.46. The summed E-state index contributed by atoms with van der Waals surface area (Å²) >= 11 is 0. The summed E-state index contributed by atoms with van der Waals surface area (Å²) < 4.78 is 5.65. The zero-order valence-corrected chi connectivity index (χ0v) is 16.3. The summed E-state index contributed by atoms with van der Waals surface area (Å²) in [5.74, 6) is -0.791. The highest BCUT2D eigenvalue weighted by Gasteiger charge is 2.26. The normalized spacial score (nSPS) is 26.6. The third kappa shape index (κ3) is 7.82. The lowest BCUT2D eigenvalue weighted by Crippen LogP contribution is -2.53. The van der Waals surface area contributed by atoms with Crippen molar-refractivity contribution in [2.24, 2.45) is 5.92 Å². The number of hydrogen-bond acceptors (Lipinski definition) is 6. The second-order valence-electron chi connectivity index (χ2n) is 7.71. The van der Waals surface area contributed by atoms with E-state index in [2.05, 4.69) is 17.6 Å². The van der Waals surface area contributed by atoms with E-state index in [4.69, 9.17) is 9.84 Å². The van der Waals surface area contributed by atoms with E-state index in [9.17, 15) is 14.4 Å². The number of imide groups is 1. The van der Waals surface area contributed by atoms with Gasteiger partial charge in [0.2, 0.25) is 5.91 Å². The molecule has 27 heavy (non-hydrogen) atoms. The van der Waals surface area contributed by atoms with Crippen molar-refractivity contribution in [1.29, 1.82) is 0 Å². The highest BCUT2D eigenvalue weighted by molar-refractivity contribution is 5.95. The Morgan fingerprint density at radius 1 is 1.26 bits per heavy atom. The maximum absolute atomic E-state index is 12.2. The number of carbonyl (C=O) groups is 3. The van der Waals surface area contributed by atoms with Crippen molar-refractivity contribution in [2.45, 2.75) is 44.8 Å². The van der Waals surface area contributed by atoms with E-state index < -0.39 is 12.0 Å². The average molecular weight is 384 g/mol. The molecule has 1 aliphatic carbocycles. The number of carboxylic acids is 1. The average Bonchev–Trinajstić information content (AvgIpc) is 2.56. The second kappa shape index (κ2) is 10.6. The van der Waals surface area contributed by atoms with Crippen LogP contribution in [-0.4, -0.2) is 91.3 Å². The minimum Gasteiger partial charge on any atom is -0.480 e. The number of likely N-dealkylation sites (N-methyl/N-ethyl adjacent to an activating group) is 1. The van der Waals surface area contributed by atoms with Gasteiger partial charge in [0, 0.05) is 25.7 Å². The van der Waals surface area contributed by atoms with Crippen molar-refractivity contribution in [3.8, 4) is 0 Å². The number of nitrogens with zero attached hydrogens (tertiary/aromatic N) is 2. The van der Waals surface area contributed by atoms with E-state index >= 15 is 0 Å². The molecule has 1 aliphatic heterocycles. The lowest BCUT2D eigenvalue weighted by atomic mass is 9.86. The third-order valence-electron chi connectivity index (χ3n) is 5.19. The van der Waals surface area contributed by atoms with Gasteiger partial charge in [-0.25, -0.2) is 4.79 Å². The van der Waals surface area contributed by atoms with Crippen LogP contribution in [0.1, 0.15) is 32.6 Å². The number of carboxylic acid groups (broad SMARTS) is 1. The predicted molar refractivity (Wildman–Crippen MR) is 99.4 cm³/mol. The first-order chi connectivity index (χ1) is 12.8. The van der Waals surface area contributed by atoms with Gasteiger partial charge in [0.15, 0.2) is 0 Å². The number of aliphatic carboxylic acids is 1. The molecule has 0 bridgehead atoms. The number of hydrogen-bond donors (Lipinski definition) is 3. The second-order valence-corrected chi connectivity index (χ2v) is 7.71. The van der Waals surface area contributed by atoms with E-state index in [1.807, 2.05) is 4.90 Å². The summed E-state index contributed by atoms with van der Waals surface area (Å²) in [5.41, 5.74) is 0. The number of morpholine rings is 1. The molecule has 3 unspecified atom stereocenters. The summed E-state index contributed by atoms with van der Waals surface area (Å²) in [4.78, 5) is 38.6. The Bertz CT molecular complexity index is 530. The monoisotopic (exact) mass is 384 g/mol. The molecular weight excluding hydrogens is 352 g/mol. The van der Waals surface area contributed by atoms with E-state index in [0.717, 1.165) is 19.3 Å². The van der Waals surface area contributed by atoms with Crippen LogP contribution in [0.5, 0.6) is 0 Å². The SMILES string of the molecule is CC1CCCCC1NC(=O)NC(=O)CN1CCOC(CN(C)CC(=O)O)C1. The molecule has 0 aromatic heterocycles. The van der Waals surface area contributed by atoms with Gasteiger partial charge in [-0.05, 0) is 25.8 Å². The van der Waals surface area contributed by atoms with Crippen LogP contribution in [-0.2, 0) is 14.3 Å². The minimum absolute atomic E-state index is 0.0554. The number of carbonyl (C=O) groups excluding carboxylic acids is 2. The van der Waals surface area contributed by atoms with Crippen LogP contribution < -0.4 is 10.6 Å². The smallest absolute Gasteiger partial charge is 0.321 e. The Hall–Kier alpha value is -1.71. The van der Waals surface area contributed by atoms with Crippen molar-refractivity contribution in [3.05, 3.63) is 0 Å². The zero-order chi connectivity index (χ0) is 19.8. The summed E-state index contributed by atoms with van der Waals surface area (Å²) in [7, 11) is 1.72. The molecule has 3 atom stereocenters. The fourth-order valence-corrected chi connectivity index (χ4v) is 3.78. The van der Waals surface area contributed by atoms with Crippen LogP contribution in [0.2, 0.25) is 0 Å². The Morgan fingerprint density at radius 2 is 2.00 bits per heavy atom. The van der Waals surface area contributed by atoms with Gasteiger partial charge in [-0.2, -0.15) is 0 Å². The molecule has 2 aliphatic rings. The molecule has 1 saturated heterocycles. The molecule has 2 rings (SSSR count). The summed E-state index contributed by atoms with van der Waals surface area (Å²) in [6.45, 7) is 4.28. The van der Waals surface area contributed by atoms with Crippen LogP contribution in [0.15, 0.2) is 0 Å². The number of rotatable bonds is 7. The number of amides is 3. The summed E-state index contributed by atoms with van der Waals surface area (Å²) in [6.07, 6.45) is 4.20. The highest BCUT2D eigenvalue weighted by Crippen LogP contribution is 2.23. The zero-order valence-electron chi connectivity index (χ0n) is 16.3. The molecule has 154 valence electrons. The molecule has 3 N–H and O–H groups in total. The molecule has 0 aromatic carbocycles. The van der Waals surface area contributed by atoms with Crippen molar-refractivity contribution in [3.63, 3.8) is 0 Å². The van der Waals surface area contributed by atoms with Crippen LogP contribution in [0.4, 0.5) is 4.79 Å². The molecule has 1 saturated carbocycles. The van der Waals surface area contributed by atoms with E-state index in [-0.39, 0.29) is 31.1 Å². The van der Waals surface area contributed by atoms with E-state index in [1.54, 1.807) is 11.9 Å². The summed E-state index contributed by atoms with van der Waals surface area (Å²) in [5, 5.41) is 14.1. The molecule has 3 amide bonds. The lowest BCUT2D eigenvalue weighted by Gasteiger charge is -2.34. The van der Waals surface area contributed by atoms with Gasteiger partial charge in [0.1, 0.15) is 0 Å². The number of ether oxygens (including phenoxy) is 1. The first kappa shape index (κ1) is 21.6. The standard InChI is InChI=1S/C18H32N4O5/c1-13-5-3-4-6-15(13)19-18(26)20-16(23)11-22-7-8-27-14(10-22)9-21(2)12-17(24)25/h13-15H,3-12H2,1-2H3,(H,24,25)(H2,19,20,23,26). The van der Waals surface area contributed by atoms with Crippen LogP contribution in [0.3, 0.4) is 0 Å². The Balaban J connectivity index is 1.71. The van der Waals surface area contributed by atoms with Gasteiger partial charge >= 0.3 is 12.0 Å². The first-order valence-corrected chi connectivity index (χ1v) is 9.68. The molecule has 9 nitrogen and oxygen atoms in total. The molecule has 0 radical (unpaired) electrons. The van der Waals surface area contributed by atoms with E-state index in [1.165, 1.54) is 6.42 Å². The van der Waals surface area contributed by atoms with Crippen LogP contribution in [0.25, 0.3) is 0 Å². The topological polar surface area (TPSA) is 111 Å². The quantitative estimate of drug-likeness (QED) is 0.571. The third-order valence-corrected chi connectivity index (χ3v) is 5.19. The Labute approximate surface area is 160 Å². The maximum atomic E-state index is 12.2. The van der Waals surface area contributed by atoms with Gasteiger partial charge in [0.05, 0.1) is 25.8 Å². The van der Waals surface area contributed by atoms with Crippen molar-refractivity contribution in [1.82, 2.24) is 20.4 Å². The number of urea groups is 1. The molecule has 2 fully saturated rings. The predicted octanol–water partition coefficient (Wildman–Crippen LogP) is 0.108. The number of nitrogens with one attached hydrogen (secondary N) is 2. The van der Waals surface area contributed by atoms with Gasteiger partial charge in [0.25, 0.3) is 0 Å². The maximum Gasteiger partial charge on any atom is 0.321 e. The molecule has 1 heterocycles. The highest BCUT2D eigenvalue weighted by atomic mass is 16.5. The van der Waals surface area contributed by atoms with Gasteiger partial charge in [-0.3, -0.25) is 24.7 Å². The van der Waals surface area contributed by atoms with Crippen molar-refractivity contribution >= 4 is 17.9 Å². The Morgan fingerprint density at radius 3 is 2.70 bits per heavy atom. The van der Waals surface area contributed by atoms with Crippen molar-refractivity contribution < 1.29 is 24.2 Å². The van der Waals surface area contributed by atoms with Crippen molar-refractivity contribution in [2.75, 3.05) is 46.4 Å². The molecular formula is C18H32N4O5. The van der Waals surface area contributed by atoms with Gasteiger partial charge < -0.3 is 15.2 Å². The van der Waals surface area contributed by atoms with Crippen LogP contribution >= 0.6 is 0 Å². The fraction of sp³-hybridized carbons (Fsp3) is 0.833. The van der Waals surface area contributed by atoms with Crippen LogP contribution in [0, 0.1) is 5.92 Å². The first-order valence-electron chi connectivity index (χ1n) is 9.68. The molecule has 0 spiro atoms.